The number of nitrogens with zero attached hydrogens (tertiary/aromatic N) is 2. The Morgan fingerprint density at radius 3 is 2.75 bits per heavy atom. The van der Waals surface area contributed by atoms with Gasteiger partial charge in [-0.2, -0.15) is 0 Å². The first kappa shape index (κ1) is 4.32. The highest BCUT2D eigenvalue weighted by Crippen LogP contribution is 2.49. The van der Waals surface area contributed by atoms with E-state index in [1.807, 2.05) is 6.92 Å². The predicted octanol–water partition coefficient (Wildman–Crippen LogP) is 0.620. The minimum absolute atomic E-state index is 0.304. The lowest BCUT2D eigenvalue weighted by molar-refractivity contribution is 0.804. The van der Waals surface area contributed by atoms with Crippen LogP contribution in [0, 0.1) is 0 Å². The Labute approximate surface area is 51.0 Å². The minimum atomic E-state index is -0.304. The maximum atomic E-state index is 5.82. The molecule has 0 amide bonds. The number of fused-ring (bicyclic) bond motifs is 1. The number of hydrogen-bond donors (Lipinski definition) is 1. The summed E-state index contributed by atoms with van der Waals surface area (Å²) in [5.41, 5.74) is 1.85. The highest BCUT2D eigenvalue weighted by atomic mass is 35.5. The lowest BCUT2D eigenvalue weighted by Gasteiger charge is -1.90. The van der Waals surface area contributed by atoms with Crippen molar-refractivity contribution in [2.24, 2.45) is 0 Å². The molecule has 0 fully saturated rings. The van der Waals surface area contributed by atoms with Gasteiger partial charge in [0, 0.05) is 0 Å². The number of hydrogen-bond acceptors (Lipinski definition) is 2. The van der Waals surface area contributed by atoms with Crippen molar-refractivity contribution in [2.75, 3.05) is 0 Å². The maximum absolute atomic E-state index is 5.82. The standard InChI is InChI=1S/C4H4ClN3/c1-4(5)2-3(4)7-8-6-2/h1H3,(H,6,7,8). The van der Waals surface area contributed by atoms with Crippen LogP contribution < -0.4 is 0 Å². The molecule has 0 aliphatic heterocycles. The van der Waals surface area contributed by atoms with Crippen molar-refractivity contribution in [1.29, 1.82) is 0 Å². The van der Waals surface area contributed by atoms with Gasteiger partial charge in [-0.25, -0.2) is 0 Å². The average Bonchev–Trinajstić information content (AvgIpc) is 2.22. The van der Waals surface area contributed by atoms with Crippen LogP contribution in [0.5, 0.6) is 0 Å². The van der Waals surface area contributed by atoms with Gasteiger partial charge in [0.05, 0.1) is 5.69 Å². The molecule has 1 unspecified atom stereocenters. The summed E-state index contributed by atoms with van der Waals surface area (Å²) in [6, 6.07) is 0. The van der Waals surface area contributed by atoms with Crippen LogP contribution in [-0.4, -0.2) is 15.4 Å². The summed E-state index contributed by atoms with van der Waals surface area (Å²) in [6.45, 7) is 1.89. The van der Waals surface area contributed by atoms with E-state index < -0.39 is 0 Å². The molecule has 0 bridgehead atoms. The van der Waals surface area contributed by atoms with Crippen molar-refractivity contribution in [3.8, 4) is 0 Å². The van der Waals surface area contributed by atoms with Gasteiger partial charge >= 0.3 is 0 Å². The Morgan fingerprint density at radius 2 is 2.50 bits per heavy atom. The van der Waals surface area contributed by atoms with Crippen molar-refractivity contribution in [2.45, 2.75) is 11.8 Å². The first-order valence-electron chi connectivity index (χ1n) is 2.34. The Balaban J connectivity index is 2.57. The third-order valence-corrected chi connectivity index (χ3v) is 1.77. The lowest BCUT2D eigenvalue weighted by Crippen LogP contribution is -1.94. The molecule has 0 spiro atoms. The molecule has 3 nitrogen and oxygen atoms in total. The largest absolute Gasteiger partial charge is 0.260 e. The normalized spacial score (nSPS) is 20.2. The molecule has 1 aromatic heterocycles. The van der Waals surface area contributed by atoms with Crippen molar-refractivity contribution >= 4 is 11.6 Å². The van der Waals surface area contributed by atoms with Gasteiger partial charge in [0.1, 0.15) is 10.6 Å². The molecule has 4 heteroatoms. The molecule has 1 N–H and O–H groups in total. The fraction of sp³-hybridized carbons (Fsp3) is 0.500. The molecule has 0 aromatic carbocycles. The van der Waals surface area contributed by atoms with Gasteiger partial charge in [0.25, 0.3) is 0 Å². The molecular weight excluding hydrogens is 126 g/mol. The second-order valence-corrected chi connectivity index (χ2v) is 2.79. The SMILES string of the molecule is CC1(Cl)c2nn[nH]c21. The summed E-state index contributed by atoms with van der Waals surface area (Å²) in [5, 5.41) is 9.94. The van der Waals surface area contributed by atoms with Gasteiger partial charge < -0.3 is 0 Å². The number of aromatic amines is 1. The number of aromatic nitrogens is 3. The molecule has 0 saturated carbocycles. The molecule has 8 heavy (non-hydrogen) atoms. The van der Waals surface area contributed by atoms with Gasteiger partial charge in [-0.1, -0.05) is 5.21 Å². The summed E-state index contributed by atoms with van der Waals surface area (Å²) < 4.78 is 0. The molecule has 0 radical (unpaired) electrons. The fourth-order valence-corrected chi connectivity index (χ4v) is 0.980. The molecule has 1 atom stereocenters. The fourth-order valence-electron chi connectivity index (χ4n) is 0.763. The van der Waals surface area contributed by atoms with Crippen LogP contribution in [-0.2, 0) is 4.87 Å². The van der Waals surface area contributed by atoms with E-state index in [0.717, 1.165) is 11.4 Å². The van der Waals surface area contributed by atoms with Crippen LogP contribution in [0.2, 0.25) is 0 Å². The van der Waals surface area contributed by atoms with Crippen LogP contribution in [0.3, 0.4) is 0 Å². The third kappa shape index (κ3) is 0.282. The highest BCUT2D eigenvalue weighted by molar-refractivity contribution is 6.29. The molecule has 1 aromatic rings. The van der Waals surface area contributed by atoms with Crippen molar-refractivity contribution < 1.29 is 0 Å². The number of halogens is 1. The van der Waals surface area contributed by atoms with E-state index in [4.69, 9.17) is 11.6 Å². The van der Waals surface area contributed by atoms with Gasteiger partial charge in [0.15, 0.2) is 0 Å². The minimum Gasteiger partial charge on any atom is -0.260 e. The number of H-pyrrole nitrogens is 1. The van der Waals surface area contributed by atoms with Crippen LogP contribution in [0.4, 0.5) is 0 Å². The number of alkyl halides is 1. The van der Waals surface area contributed by atoms with E-state index in [0.29, 0.717) is 0 Å². The zero-order chi connectivity index (χ0) is 5.78. The lowest BCUT2D eigenvalue weighted by atomic mass is 10.4. The van der Waals surface area contributed by atoms with Crippen molar-refractivity contribution in [1.82, 2.24) is 15.4 Å². The predicted molar refractivity (Wildman–Crippen MR) is 28.7 cm³/mol. The summed E-state index contributed by atoms with van der Waals surface area (Å²) in [4.78, 5) is -0.304. The molecule has 2 rings (SSSR count). The zero-order valence-electron chi connectivity index (χ0n) is 4.27. The van der Waals surface area contributed by atoms with E-state index in [9.17, 15) is 0 Å². The molecule has 1 heterocycles. The number of nitrogens with one attached hydrogen (secondary N) is 1. The van der Waals surface area contributed by atoms with Crippen molar-refractivity contribution in [3.63, 3.8) is 0 Å². The van der Waals surface area contributed by atoms with E-state index in [1.54, 1.807) is 0 Å². The zero-order valence-corrected chi connectivity index (χ0v) is 5.03. The second kappa shape index (κ2) is 0.910. The first-order chi connectivity index (χ1) is 3.73. The van der Waals surface area contributed by atoms with Crippen LogP contribution in [0.1, 0.15) is 18.3 Å². The average molecular weight is 130 g/mol. The monoisotopic (exact) mass is 129 g/mol. The second-order valence-electron chi connectivity index (χ2n) is 2.04. The Hall–Kier alpha value is -0.570. The van der Waals surface area contributed by atoms with E-state index in [2.05, 4.69) is 15.4 Å². The Kier molecular flexibility index (Phi) is 0.492. The molecular formula is C4H4ClN3. The topological polar surface area (TPSA) is 41.6 Å². The first-order valence-corrected chi connectivity index (χ1v) is 2.71. The molecule has 0 saturated heterocycles. The van der Waals surface area contributed by atoms with E-state index in [1.165, 1.54) is 0 Å². The third-order valence-electron chi connectivity index (χ3n) is 1.40. The van der Waals surface area contributed by atoms with E-state index in [-0.39, 0.29) is 4.87 Å². The highest BCUT2D eigenvalue weighted by Gasteiger charge is 2.49. The summed E-state index contributed by atoms with van der Waals surface area (Å²) in [7, 11) is 0. The molecule has 1 aliphatic rings. The van der Waals surface area contributed by atoms with Crippen LogP contribution in [0.25, 0.3) is 0 Å². The van der Waals surface area contributed by atoms with Crippen molar-refractivity contribution in [3.05, 3.63) is 11.4 Å². The maximum Gasteiger partial charge on any atom is 0.131 e. The quantitative estimate of drug-likeness (QED) is 0.522. The summed E-state index contributed by atoms with van der Waals surface area (Å²) in [6.07, 6.45) is 0. The van der Waals surface area contributed by atoms with Gasteiger partial charge in [-0.3, -0.25) is 5.10 Å². The van der Waals surface area contributed by atoms with E-state index >= 15 is 0 Å². The summed E-state index contributed by atoms with van der Waals surface area (Å²) in [5.74, 6) is 0. The summed E-state index contributed by atoms with van der Waals surface area (Å²) >= 11 is 5.82. The Bertz CT molecular complexity index is 206. The number of rotatable bonds is 0. The van der Waals surface area contributed by atoms with Gasteiger partial charge in [0.2, 0.25) is 0 Å². The molecule has 1 aliphatic carbocycles. The van der Waals surface area contributed by atoms with Crippen LogP contribution >= 0.6 is 11.6 Å². The Morgan fingerprint density at radius 1 is 1.75 bits per heavy atom. The smallest absolute Gasteiger partial charge is 0.131 e. The van der Waals surface area contributed by atoms with Gasteiger partial charge in [-0.15, -0.1) is 16.7 Å². The van der Waals surface area contributed by atoms with Crippen LogP contribution in [0.15, 0.2) is 0 Å². The van der Waals surface area contributed by atoms with Gasteiger partial charge in [-0.05, 0) is 6.92 Å². The molecule has 42 valence electrons.